The molecule has 0 bridgehead atoms. The average Bonchev–Trinajstić information content (AvgIpc) is 2.96. The Bertz CT molecular complexity index is 467. The predicted molar refractivity (Wildman–Crippen MR) is 84.8 cm³/mol. The van der Waals surface area contributed by atoms with Gasteiger partial charge in [-0.1, -0.05) is 26.7 Å². The normalized spacial score (nSPS) is 24.7. The third-order valence-electron chi connectivity index (χ3n) is 4.51. The SMILES string of the molecule is CCC(CC)C(C)N1C(=O)C(C)NC1c1ccc(C)s1. The Labute approximate surface area is 126 Å². The lowest BCUT2D eigenvalue weighted by Crippen LogP contribution is -2.42. The van der Waals surface area contributed by atoms with E-state index in [0.29, 0.717) is 5.92 Å². The van der Waals surface area contributed by atoms with E-state index in [-0.39, 0.29) is 24.2 Å². The van der Waals surface area contributed by atoms with Crippen molar-refractivity contribution in [1.82, 2.24) is 10.2 Å². The van der Waals surface area contributed by atoms with E-state index < -0.39 is 0 Å². The van der Waals surface area contributed by atoms with Crippen molar-refractivity contribution in [2.45, 2.75) is 65.7 Å². The van der Waals surface area contributed by atoms with Gasteiger partial charge in [0.05, 0.1) is 6.04 Å². The van der Waals surface area contributed by atoms with Crippen LogP contribution in [-0.4, -0.2) is 22.9 Å². The number of carbonyl (C=O) groups excluding carboxylic acids is 1. The Morgan fingerprint density at radius 1 is 1.35 bits per heavy atom. The molecule has 1 saturated heterocycles. The number of nitrogens with one attached hydrogen (secondary N) is 1. The zero-order valence-electron chi connectivity index (χ0n) is 13.1. The summed E-state index contributed by atoms with van der Waals surface area (Å²) < 4.78 is 0. The van der Waals surface area contributed by atoms with E-state index >= 15 is 0 Å². The fourth-order valence-corrected chi connectivity index (χ4v) is 4.13. The zero-order valence-corrected chi connectivity index (χ0v) is 14.0. The second-order valence-corrected chi connectivity index (χ2v) is 7.12. The van der Waals surface area contributed by atoms with Crippen molar-refractivity contribution in [2.24, 2.45) is 5.92 Å². The molecule has 1 aliphatic rings. The predicted octanol–water partition coefficient (Wildman–Crippen LogP) is 3.70. The third kappa shape index (κ3) is 2.77. The molecule has 0 spiro atoms. The molecule has 0 saturated carbocycles. The Balaban J connectivity index is 2.28. The number of aryl methyl sites for hydroxylation is 1. The van der Waals surface area contributed by atoms with Crippen LogP contribution in [0.1, 0.15) is 56.5 Å². The molecular weight excluding hydrogens is 268 g/mol. The molecule has 0 aliphatic carbocycles. The van der Waals surface area contributed by atoms with E-state index in [1.165, 1.54) is 9.75 Å². The summed E-state index contributed by atoms with van der Waals surface area (Å²) in [6.07, 6.45) is 2.28. The lowest BCUT2D eigenvalue weighted by atomic mass is 9.94. The highest BCUT2D eigenvalue weighted by Crippen LogP contribution is 2.34. The summed E-state index contributed by atoms with van der Waals surface area (Å²) in [4.78, 5) is 17.2. The summed E-state index contributed by atoms with van der Waals surface area (Å²) in [6.45, 7) is 10.7. The Hall–Kier alpha value is -0.870. The van der Waals surface area contributed by atoms with Crippen LogP contribution in [0.25, 0.3) is 0 Å². The van der Waals surface area contributed by atoms with Crippen LogP contribution in [0, 0.1) is 12.8 Å². The first-order valence-electron chi connectivity index (χ1n) is 7.64. The summed E-state index contributed by atoms with van der Waals surface area (Å²) in [6, 6.07) is 4.48. The first kappa shape index (κ1) is 15.5. The largest absolute Gasteiger partial charge is 0.318 e. The van der Waals surface area contributed by atoms with Crippen LogP contribution < -0.4 is 5.32 Å². The van der Waals surface area contributed by atoms with Crippen molar-refractivity contribution in [3.05, 3.63) is 21.9 Å². The Kier molecular flexibility index (Phi) is 4.86. The molecular formula is C16H26N2OS. The van der Waals surface area contributed by atoms with E-state index in [1.54, 1.807) is 11.3 Å². The van der Waals surface area contributed by atoms with Crippen LogP contribution in [0.15, 0.2) is 12.1 Å². The van der Waals surface area contributed by atoms with Gasteiger partial charge < -0.3 is 4.90 Å². The van der Waals surface area contributed by atoms with Crippen molar-refractivity contribution in [1.29, 1.82) is 0 Å². The molecule has 1 amide bonds. The minimum atomic E-state index is -0.0841. The van der Waals surface area contributed by atoms with Gasteiger partial charge in [0.25, 0.3) is 0 Å². The average molecular weight is 294 g/mol. The van der Waals surface area contributed by atoms with E-state index in [2.05, 4.69) is 50.0 Å². The van der Waals surface area contributed by atoms with Crippen molar-refractivity contribution in [3.63, 3.8) is 0 Å². The van der Waals surface area contributed by atoms with Gasteiger partial charge in [0.1, 0.15) is 6.17 Å². The van der Waals surface area contributed by atoms with Gasteiger partial charge in [-0.15, -0.1) is 11.3 Å². The summed E-state index contributed by atoms with van der Waals surface area (Å²) in [5.41, 5.74) is 0. The number of carbonyl (C=O) groups is 1. The zero-order chi connectivity index (χ0) is 14.9. The van der Waals surface area contributed by atoms with Crippen molar-refractivity contribution < 1.29 is 4.79 Å². The molecule has 0 aromatic carbocycles. The molecule has 1 aromatic rings. The molecule has 20 heavy (non-hydrogen) atoms. The van der Waals surface area contributed by atoms with E-state index in [0.717, 1.165) is 12.8 Å². The lowest BCUT2D eigenvalue weighted by Gasteiger charge is -2.34. The van der Waals surface area contributed by atoms with Crippen LogP contribution in [0.2, 0.25) is 0 Å². The van der Waals surface area contributed by atoms with E-state index in [1.807, 2.05) is 6.92 Å². The van der Waals surface area contributed by atoms with Gasteiger partial charge in [-0.2, -0.15) is 0 Å². The molecule has 4 heteroatoms. The van der Waals surface area contributed by atoms with Crippen LogP contribution in [-0.2, 0) is 4.79 Å². The summed E-state index contributed by atoms with van der Waals surface area (Å²) in [5, 5.41) is 3.45. The van der Waals surface area contributed by atoms with Gasteiger partial charge in [-0.25, -0.2) is 0 Å². The Morgan fingerprint density at radius 3 is 2.50 bits per heavy atom. The molecule has 1 aliphatic heterocycles. The number of nitrogens with zero attached hydrogens (tertiary/aromatic N) is 1. The molecule has 1 fully saturated rings. The third-order valence-corrected chi connectivity index (χ3v) is 5.56. The van der Waals surface area contributed by atoms with Crippen LogP contribution in [0.3, 0.4) is 0 Å². The van der Waals surface area contributed by atoms with E-state index in [9.17, 15) is 4.79 Å². The second-order valence-electron chi connectivity index (χ2n) is 5.80. The molecule has 112 valence electrons. The first-order valence-corrected chi connectivity index (χ1v) is 8.45. The maximum atomic E-state index is 12.5. The smallest absolute Gasteiger partial charge is 0.241 e. The highest BCUT2D eigenvalue weighted by atomic mass is 32.1. The first-order chi connectivity index (χ1) is 9.49. The number of thiophene rings is 1. The van der Waals surface area contributed by atoms with Crippen LogP contribution in [0.5, 0.6) is 0 Å². The fraction of sp³-hybridized carbons (Fsp3) is 0.688. The molecule has 0 radical (unpaired) electrons. The van der Waals surface area contributed by atoms with Gasteiger partial charge in [-0.05, 0) is 38.8 Å². The molecule has 1 aromatic heterocycles. The van der Waals surface area contributed by atoms with Gasteiger partial charge in [0, 0.05) is 15.8 Å². The molecule has 3 atom stereocenters. The van der Waals surface area contributed by atoms with Gasteiger partial charge in [0.2, 0.25) is 5.91 Å². The summed E-state index contributed by atoms with van der Waals surface area (Å²) in [5.74, 6) is 0.801. The Morgan fingerprint density at radius 2 is 2.00 bits per heavy atom. The molecule has 1 N–H and O–H groups in total. The van der Waals surface area contributed by atoms with Gasteiger partial charge in [0.15, 0.2) is 0 Å². The molecule has 2 rings (SSSR count). The molecule has 2 heterocycles. The van der Waals surface area contributed by atoms with Crippen LogP contribution >= 0.6 is 11.3 Å². The van der Waals surface area contributed by atoms with Crippen molar-refractivity contribution in [2.75, 3.05) is 0 Å². The lowest BCUT2D eigenvalue weighted by molar-refractivity contribution is -0.132. The minimum absolute atomic E-state index is 0.0480. The minimum Gasteiger partial charge on any atom is -0.318 e. The molecule has 3 unspecified atom stereocenters. The van der Waals surface area contributed by atoms with Gasteiger partial charge >= 0.3 is 0 Å². The van der Waals surface area contributed by atoms with Gasteiger partial charge in [-0.3, -0.25) is 10.1 Å². The van der Waals surface area contributed by atoms with Crippen molar-refractivity contribution >= 4 is 17.2 Å². The summed E-state index contributed by atoms with van der Waals surface area (Å²) >= 11 is 1.78. The summed E-state index contributed by atoms with van der Waals surface area (Å²) in [7, 11) is 0. The highest BCUT2D eigenvalue weighted by Gasteiger charge is 2.41. The maximum absolute atomic E-state index is 12.5. The maximum Gasteiger partial charge on any atom is 0.241 e. The number of hydrogen-bond acceptors (Lipinski definition) is 3. The highest BCUT2D eigenvalue weighted by molar-refractivity contribution is 7.12. The quantitative estimate of drug-likeness (QED) is 0.898. The number of hydrogen-bond donors (Lipinski definition) is 1. The van der Waals surface area contributed by atoms with E-state index in [4.69, 9.17) is 0 Å². The second kappa shape index (κ2) is 6.27. The van der Waals surface area contributed by atoms with Crippen LogP contribution in [0.4, 0.5) is 0 Å². The molecule has 3 nitrogen and oxygen atoms in total. The number of amides is 1. The standard InChI is InChI=1S/C16H26N2OS/c1-6-13(7-2)12(5)18-15(17-11(4)16(18)19)14-9-8-10(3)20-14/h8-9,11-13,15,17H,6-7H2,1-5H3. The topological polar surface area (TPSA) is 32.3 Å². The monoisotopic (exact) mass is 294 g/mol. The number of rotatable bonds is 5. The fourth-order valence-electron chi connectivity index (χ4n) is 3.19. The van der Waals surface area contributed by atoms with Crippen molar-refractivity contribution in [3.8, 4) is 0 Å².